The number of ketones is 1. The molecule has 2 rings (SSSR count). The van der Waals surface area contributed by atoms with Gasteiger partial charge in [-0.1, -0.05) is 0 Å². The van der Waals surface area contributed by atoms with Crippen LogP contribution in [0.1, 0.15) is 27.3 Å². The number of aromatic nitrogens is 1. The van der Waals surface area contributed by atoms with E-state index in [1.54, 1.807) is 26.0 Å². The smallest absolute Gasteiger partial charge is 0.167 e. The molecule has 2 nitrogen and oxygen atoms in total. The second kappa shape index (κ2) is 5.26. The molecule has 1 aromatic carbocycles. The number of rotatable bonds is 3. The molecule has 0 radical (unpaired) electrons. The Labute approximate surface area is 110 Å². The summed E-state index contributed by atoms with van der Waals surface area (Å²) in [6, 6.07) is 6.47. The van der Waals surface area contributed by atoms with Crippen molar-refractivity contribution in [1.82, 2.24) is 4.98 Å². The third-order valence-corrected chi connectivity index (χ3v) is 2.69. The molecular weight excluding hydrogens is 248 g/mol. The number of hydrogen-bond acceptors (Lipinski definition) is 2. The predicted molar refractivity (Wildman–Crippen MR) is 68.1 cm³/mol. The zero-order valence-corrected chi connectivity index (χ0v) is 10.7. The molecule has 0 saturated carbocycles. The molecule has 4 heteroatoms. The molecule has 1 heterocycles. The summed E-state index contributed by atoms with van der Waals surface area (Å²) in [4.78, 5) is 16.2. The van der Waals surface area contributed by atoms with Gasteiger partial charge < -0.3 is 0 Å². The highest BCUT2D eigenvalue weighted by molar-refractivity contribution is 5.97. The van der Waals surface area contributed by atoms with Crippen molar-refractivity contribution in [2.24, 2.45) is 0 Å². The van der Waals surface area contributed by atoms with Crippen LogP contribution in [0.5, 0.6) is 0 Å². The van der Waals surface area contributed by atoms with Crippen molar-refractivity contribution in [1.29, 1.82) is 0 Å². The highest BCUT2D eigenvalue weighted by Crippen LogP contribution is 2.13. The van der Waals surface area contributed by atoms with Gasteiger partial charge in [0.15, 0.2) is 5.78 Å². The van der Waals surface area contributed by atoms with Crippen LogP contribution in [0, 0.1) is 25.5 Å². The molecule has 1 aromatic heterocycles. The maximum absolute atomic E-state index is 13.0. The van der Waals surface area contributed by atoms with E-state index in [-0.39, 0.29) is 12.2 Å². The lowest BCUT2D eigenvalue weighted by Crippen LogP contribution is -2.06. The molecule has 19 heavy (non-hydrogen) atoms. The van der Waals surface area contributed by atoms with Gasteiger partial charge in [0.05, 0.1) is 0 Å². The summed E-state index contributed by atoms with van der Waals surface area (Å²) in [7, 11) is 0. The van der Waals surface area contributed by atoms with Gasteiger partial charge in [-0.2, -0.15) is 0 Å². The van der Waals surface area contributed by atoms with E-state index in [1.165, 1.54) is 12.1 Å². The first kappa shape index (κ1) is 13.3. The van der Waals surface area contributed by atoms with Gasteiger partial charge in [-0.25, -0.2) is 8.78 Å². The van der Waals surface area contributed by atoms with Crippen molar-refractivity contribution >= 4 is 5.78 Å². The van der Waals surface area contributed by atoms with Gasteiger partial charge in [-0.05, 0) is 43.7 Å². The van der Waals surface area contributed by atoms with Crippen LogP contribution >= 0.6 is 0 Å². The van der Waals surface area contributed by atoms with E-state index in [0.717, 1.165) is 17.5 Å². The van der Waals surface area contributed by atoms with Crippen LogP contribution in [-0.4, -0.2) is 10.8 Å². The molecule has 0 atom stereocenters. The fourth-order valence-electron chi connectivity index (χ4n) is 2.00. The van der Waals surface area contributed by atoms with Crippen LogP contribution < -0.4 is 0 Å². The first-order valence-electron chi connectivity index (χ1n) is 5.87. The van der Waals surface area contributed by atoms with Crippen molar-refractivity contribution in [2.45, 2.75) is 20.3 Å². The number of Topliss-reactive ketones (excluding diaryl/α,β-unsaturated/α-hetero) is 1. The van der Waals surface area contributed by atoms with Gasteiger partial charge in [-0.3, -0.25) is 9.78 Å². The summed E-state index contributed by atoms with van der Waals surface area (Å²) in [6.07, 6.45) is -0.0302. The topological polar surface area (TPSA) is 30.0 Å². The van der Waals surface area contributed by atoms with Crippen LogP contribution in [-0.2, 0) is 6.42 Å². The number of aryl methyl sites for hydroxylation is 2. The zero-order chi connectivity index (χ0) is 14.0. The number of hydrogen-bond donors (Lipinski definition) is 0. The van der Waals surface area contributed by atoms with Gasteiger partial charge in [0.2, 0.25) is 0 Å². The Balaban J connectivity index is 2.25. The van der Waals surface area contributed by atoms with E-state index in [2.05, 4.69) is 4.98 Å². The minimum absolute atomic E-state index is 0.0302. The maximum atomic E-state index is 13.0. The normalized spacial score (nSPS) is 10.5. The number of nitrogens with zero attached hydrogens (tertiary/aromatic N) is 1. The summed E-state index contributed by atoms with van der Waals surface area (Å²) >= 11 is 0. The van der Waals surface area contributed by atoms with Crippen LogP contribution in [0.2, 0.25) is 0 Å². The zero-order valence-electron chi connectivity index (χ0n) is 10.7. The predicted octanol–water partition coefficient (Wildman–Crippen LogP) is 3.40. The molecule has 2 aromatic rings. The summed E-state index contributed by atoms with van der Waals surface area (Å²) in [5.74, 6) is -1.53. The molecule has 0 aliphatic rings. The molecule has 0 fully saturated rings. The van der Waals surface area contributed by atoms with E-state index < -0.39 is 11.6 Å². The Hall–Kier alpha value is -2.10. The minimum atomic E-state index is -0.676. The summed E-state index contributed by atoms with van der Waals surface area (Å²) < 4.78 is 26.1. The highest BCUT2D eigenvalue weighted by Gasteiger charge is 2.10. The quantitative estimate of drug-likeness (QED) is 0.792. The van der Waals surface area contributed by atoms with Crippen LogP contribution in [0.25, 0.3) is 0 Å². The number of carbonyl (C=O) groups is 1. The fraction of sp³-hybridized carbons (Fsp3) is 0.200. The maximum Gasteiger partial charge on any atom is 0.167 e. The molecule has 0 aliphatic carbocycles. The van der Waals surface area contributed by atoms with E-state index in [4.69, 9.17) is 0 Å². The fourth-order valence-corrected chi connectivity index (χ4v) is 2.00. The average Bonchev–Trinajstić information content (AvgIpc) is 2.25. The van der Waals surface area contributed by atoms with Crippen molar-refractivity contribution in [3.05, 3.63) is 64.5 Å². The minimum Gasteiger partial charge on any atom is -0.294 e. The van der Waals surface area contributed by atoms with Gasteiger partial charge in [0.1, 0.15) is 11.6 Å². The Bertz CT molecular complexity index is 598. The Morgan fingerprint density at radius 3 is 2.05 bits per heavy atom. The second-order valence-electron chi connectivity index (χ2n) is 4.52. The van der Waals surface area contributed by atoms with Crippen LogP contribution in [0.4, 0.5) is 8.78 Å². The van der Waals surface area contributed by atoms with Gasteiger partial charge in [0.25, 0.3) is 0 Å². The Kier molecular flexibility index (Phi) is 3.69. The molecule has 0 N–H and O–H groups in total. The summed E-state index contributed by atoms with van der Waals surface area (Å²) in [5, 5.41) is 0. The van der Waals surface area contributed by atoms with Gasteiger partial charge >= 0.3 is 0 Å². The molecule has 0 unspecified atom stereocenters. The van der Waals surface area contributed by atoms with E-state index in [9.17, 15) is 13.6 Å². The number of benzene rings is 1. The average molecular weight is 261 g/mol. The standard InChI is InChI=1S/C15H13F2NO/c1-9-3-12(4-10(2)18-9)15(19)7-11-5-13(16)8-14(17)6-11/h3-6,8H,7H2,1-2H3. The molecule has 0 saturated heterocycles. The number of carbonyl (C=O) groups excluding carboxylic acids is 1. The van der Waals surface area contributed by atoms with Crippen molar-refractivity contribution in [3.63, 3.8) is 0 Å². The van der Waals surface area contributed by atoms with Crippen LogP contribution in [0.3, 0.4) is 0 Å². The molecule has 0 bridgehead atoms. The molecular formula is C15H13F2NO. The lowest BCUT2D eigenvalue weighted by atomic mass is 10.0. The highest BCUT2D eigenvalue weighted by atomic mass is 19.1. The Morgan fingerprint density at radius 2 is 1.53 bits per heavy atom. The third-order valence-electron chi connectivity index (χ3n) is 2.69. The van der Waals surface area contributed by atoms with Crippen molar-refractivity contribution < 1.29 is 13.6 Å². The van der Waals surface area contributed by atoms with E-state index >= 15 is 0 Å². The SMILES string of the molecule is Cc1cc(C(=O)Cc2cc(F)cc(F)c2)cc(C)n1. The molecule has 0 amide bonds. The van der Waals surface area contributed by atoms with Crippen molar-refractivity contribution in [3.8, 4) is 0 Å². The first-order chi connectivity index (χ1) is 8.94. The molecule has 0 aliphatic heterocycles. The third kappa shape index (κ3) is 3.44. The number of halogens is 2. The van der Waals surface area contributed by atoms with E-state index in [0.29, 0.717) is 11.1 Å². The monoisotopic (exact) mass is 261 g/mol. The van der Waals surface area contributed by atoms with Crippen LogP contribution in [0.15, 0.2) is 30.3 Å². The second-order valence-corrected chi connectivity index (χ2v) is 4.52. The molecule has 98 valence electrons. The summed E-state index contributed by atoms with van der Waals surface area (Å²) in [6.45, 7) is 3.59. The summed E-state index contributed by atoms with van der Waals surface area (Å²) in [5.41, 5.74) is 2.33. The van der Waals surface area contributed by atoms with Gasteiger partial charge in [0, 0.05) is 29.4 Å². The van der Waals surface area contributed by atoms with E-state index in [1.807, 2.05) is 0 Å². The molecule has 0 spiro atoms. The lowest BCUT2D eigenvalue weighted by Gasteiger charge is -2.04. The largest absolute Gasteiger partial charge is 0.294 e. The van der Waals surface area contributed by atoms with Gasteiger partial charge in [-0.15, -0.1) is 0 Å². The lowest BCUT2D eigenvalue weighted by molar-refractivity contribution is 0.0992. The first-order valence-corrected chi connectivity index (χ1v) is 5.87. The van der Waals surface area contributed by atoms with Crippen molar-refractivity contribution in [2.75, 3.05) is 0 Å². The number of pyridine rings is 1. The Morgan fingerprint density at radius 1 is 1.00 bits per heavy atom.